The van der Waals surface area contributed by atoms with Gasteiger partial charge in [-0.3, -0.25) is 9.59 Å². The average Bonchev–Trinajstić information content (AvgIpc) is 2.96. The molecule has 2 aromatic heterocycles. The lowest BCUT2D eigenvalue weighted by Gasteiger charge is -2.16. The van der Waals surface area contributed by atoms with E-state index in [0.29, 0.717) is 24.5 Å². The van der Waals surface area contributed by atoms with E-state index in [2.05, 4.69) is 9.97 Å². The van der Waals surface area contributed by atoms with E-state index >= 15 is 0 Å². The van der Waals surface area contributed by atoms with Crippen molar-refractivity contribution >= 4 is 5.91 Å². The maximum absolute atomic E-state index is 12.3. The molecule has 3 rings (SSSR count). The van der Waals surface area contributed by atoms with E-state index in [9.17, 15) is 9.59 Å². The smallest absolute Gasteiger partial charge is 0.254 e. The van der Waals surface area contributed by atoms with E-state index in [1.54, 1.807) is 23.2 Å². The number of aromatic amines is 1. The summed E-state index contributed by atoms with van der Waals surface area (Å²) in [6, 6.07) is 8.40. The number of ether oxygens (including phenoxy) is 1. The molecule has 1 aliphatic heterocycles. The summed E-state index contributed by atoms with van der Waals surface area (Å²) in [5.74, 6) is 0.418. The highest BCUT2D eigenvalue weighted by atomic mass is 16.5. The monoisotopic (exact) mass is 285 g/mol. The highest BCUT2D eigenvalue weighted by Crippen LogP contribution is 2.17. The first kappa shape index (κ1) is 13.4. The number of H-pyrrole nitrogens is 1. The van der Waals surface area contributed by atoms with Crippen LogP contribution in [0, 0.1) is 0 Å². The number of likely N-dealkylation sites (tertiary alicyclic amines) is 1. The summed E-state index contributed by atoms with van der Waals surface area (Å²) in [6.45, 7) is 1.12. The van der Waals surface area contributed by atoms with Gasteiger partial charge in [0, 0.05) is 43.1 Å². The van der Waals surface area contributed by atoms with Gasteiger partial charge >= 0.3 is 0 Å². The van der Waals surface area contributed by atoms with E-state index in [1.165, 1.54) is 12.3 Å². The van der Waals surface area contributed by atoms with Crippen molar-refractivity contribution < 1.29 is 9.53 Å². The van der Waals surface area contributed by atoms with E-state index < -0.39 is 0 Å². The summed E-state index contributed by atoms with van der Waals surface area (Å²) in [5.41, 5.74) is 0.124. The van der Waals surface area contributed by atoms with Crippen molar-refractivity contribution in [2.24, 2.45) is 0 Å². The number of aromatic nitrogens is 2. The van der Waals surface area contributed by atoms with Gasteiger partial charge in [-0.05, 0) is 12.1 Å². The molecule has 3 heterocycles. The summed E-state index contributed by atoms with van der Waals surface area (Å²) in [5, 5.41) is 0. The Kier molecular flexibility index (Phi) is 3.68. The maximum Gasteiger partial charge on any atom is 0.254 e. The molecule has 1 saturated heterocycles. The number of nitrogens with one attached hydrogen (secondary N) is 1. The fraction of sp³-hybridized carbons (Fsp3) is 0.267. The third-order valence-electron chi connectivity index (χ3n) is 3.38. The van der Waals surface area contributed by atoms with Crippen LogP contribution in [-0.2, 0) is 0 Å². The van der Waals surface area contributed by atoms with Crippen LogP contribution in [-0.4, -0.2) is 40.0 Å². The molecule has 0 aliphatic carbocycles. The predicted molar refractivity (Wildman–Crippen MR) is 76.2 cm³/mol. The van der Waals surface area contributed by atoms with E-state index in [1.807, 2.05) is 12.1 Å². The molecule has 1 atom stereocenters. The Morgan fingerprint density at radius 2 is 2.29 bits per heavy atom. The topological polar surface area (TPSA) is 75.3 Å². The molecular weight excluding hydrogens is 270 g/mol. The Balaban J connectivity index is 1.64. The van der Waals surface area contributed by atoms with Crippen LogP contribution >= 0.6 is 0 Å². The van der Waals surface area contributed by atoms with Gasteiger partial charge in [0.1, 0.15) is 6.10 Å². The van der Waals surface area contributed by atoms with Gasteiger partial charge in [0.25, 0.3) is 5.91 Å². The standard InChI is InChI=1S/C15H15N3O3/c19-13-9-11(4-7-16-13)15(20)18-8-5-12(10-18)21-14-3-1-2-6-17-14/h1-4,6-7,9,12H,5,8,10H2,(H,16,19). The number of rotatable bonds is 3. The number of hydrogen-bond acceptors (Lipinski definition) is 4. The van der Waals surface area contributed by atoms with Crippen LogP contribution in [0.25, 0.3) is 0 Å². The van der Waals surface area contributed by atoms with Crippen LogP contribution < -0.4 is 10.3 Å². The minimum absolute atomic E-state index is 0.0640. The fourth-order valence-corrected chi connectivity index (χ4v) is 2.36. The molecule has 0 saturated carbocycles. The Morgan fingerprint density at radius 1 is 1.38 bits per heavy atom. The molecule has 6 nitrogen and oxygen atoms in total. The molecule has 1 aliphatic rings. The molecule has 21 heavy (non-hydrogen) atoms. The number of nitrogens with zero attached hydrogens (tertiary/aromatic N) is 2. The zero-order valence-electron chi connectivity index (χ0n) is 11.4. The maximum atomic E-state index is 12.3. The lowest BCUT2D eigenvalue weighted by Crippen LogP contribution is -2.31. The molecule has 1 unspecified atom stereocenters. The normalized spacial score (nSPS) is 17.7. The Bertz CT molecular complexity index is 684. The molecule has 2 aromatic rings. The molecule has 0 aromatic carbocycles. The summed E-state index contributed by atoms with van der Waals surface area (Å²) in [4.78, 5) is 31.9. The first-order chi connectivity index (χ1) is 10.2. The lowest BCUT2D eigenvalue weighted by molar-refractivity contribution is 0.0771. The van der Waals surface area contributed by atoms with Crippen LogP contribution in [0.3, 0.4) is 0 Å². The van der Waals surface area contributed by atoms with Crippen LogP contribution in [0.15, 0.2) is 47.5 Å². The zero-order valence-corrected chi connectivity index (χ0v) is 11.4. The van der Waals surface area contributed by atoms with Gasteiger partial charge in [-0.25, -0.2) is 4.98 Å². The number of hydrogen-bond donors (Lipinski definition) is 1. The van der Waals surface area contributed by atoms with Crippen molar-refractivity contribution in [3.05, 3.63) is 58.6 Å². The van der Waals surface area contributed by atoms with Gasteiger partial charge in [0.15, 0.2) is 0 Å². The molecule has 1 amide bonds. The summed E-state index contributed by atoms with van der Waals surface area (Å²) in [7, 11) is 0. The number of carbonyl (C=O) groups is 1. The molecule has 108 valence electrons. The first-order valence-electron chi connectivity index (χ1n) is 6.78. The molecule has 1 N–H and O–H groups in total. The third-order valence-corrected chi connectivity index (χ3v) is 3.38. The highest BCUT2D eigenvalue weighted by Gasteiger charge is 2.28. The minimum Gasteiger partial charge on any atom is -0.472 e. The summed E-state index contributed by atoms with van der Waals surface area (Å²) >= 11 is 0. The predicted octanol–water partition coefficient (Wildman–Crippen LogP) is 1.06. The quantitative estimate of drug-likeness (QED) is 0.915. The fourth-order valence-electron chi connectivity index (χ4n) is 2.36. The van der Waals surface area contributed by atoms with Crippen molar-refractivity contribution in [2.75, 3.05) is 13.1 Å². The molecule has 0 radical (unpaired) electrons. The van der Waals surface area contributed by atoms with E-state index in [0.717, 1.165) is 6.42 Å². The first-order valence-corrected chi connectivity index (χ1v) is 6.78. The van der Waals surface area contributed by atoms with Crippen molar-refractivity contribution in [2.45, 2.75) is 12.5 Å². The molecule has 0 spiro atoms. The SMILES string of the molecule is O=C(c1cc[nH]c(=O)c1)N1CCC(Oc2ccccn2)C1. The summed E-state index contributed by atoms with van der Waals surface area (Å²) in [6.07, 6.45) is 3.84. The van der Waals surface area contributed by atoms with Crippen LogP contribution in [0.4, 0.5) is 0 Å². The van der Waals surface area contributed by atoms with Crippen molar-refractivity contribution in [3.8, 4) is 5.88 Å². The molecule has 0 bridgehead atoms. The van der Waals surface area contributed by atoms with Crippen LogP contribution in [0.2, 0.25) is 0 Å². The van der Waals surface area contributed by atoms with E-state index in [-0.39, 0.29) is 17.6 Å². The largest absolute Gasteiger partial charge is 0.472 e. The summed E-state index contributed by atoms with van der Waals surface area (Å²) < 4.78 is 5.74. The van der Waals surface area contributed by atoms with Gasteiger partial charge in [0.05, 0.1) is 6.54 Å². The van der Waals surface area contributed by atoms with Gasteiger partial charge in [0.2, 0.25) is 11.4 Å². The minimum atomic E-state index is -0.277. The van der Waals surface area contributed by atoms with Crippen molar-refractivity contribution in [3.63, 3.8) is 0 Å². The molecular formula is C15H15N3O3. The number of pyridine rings is 2. The Hall–Kier alpha value is -2.63. The van der Waals surface area contributed by atoms with Crippen molar-refractivity contribution in [1.29, 1.82) is 0 Å². The molecule has 1 fully saturated rings. The molecule has 6 heteroatoms. The average molecular weight is 285 g/mol. The Labute approximate surface area is 121 Å². The van der Waals surface area contributed by atoms with Gasteiger partial charge in [-0.2, -0.15) is 0 Å². The van der Waals surface area contributed by atoms with Gasteiger partial charge in [-0.15, -0.1) is 0 Å². The van der Waals surface area contributed by atoms with Crippen molar-refractivity contribution in [1.82, 2.24) is 14.9 Å². The second-order valence-corrected chi connectivity index (χ2v) is 4.89. The van der Waals surface area contributed by atoms with Gasteiger partial charge < -0.3 is 14.6 Å². The van der Waals surface area contributed by atoms with E-state index in [4.69, 9.17) is 4.74 Å². The zero-order chi connectivity index (χ0) is 14.7. The highest BCUT2D eigenvalue weighted by molar-refractivity contribution is 5.94. The van der Waals surface area contributed by atoms with Crippen LogP contribution in [0.5, 0.6) is 5.88 Å². The van der Waals surface area contributed by atoms with Crippen LogP contribution in [0.1, 0.15) is 16.8 Å². The number of carbonyl (C=O) groups excluding carboxylic acids is 1. The Morgan fingerprint density at radius 3 is 3.05 bits per heavy atom. The number of amides is 1. The second-order valence-electron chi connectivity index (χ2n) is 4.89. The lowest BCUT2D eigenvalue weighted by atomic mass is 10.2. The third kappa shape index (κ3) is 3.10. The second kappa shape index (κ2) is 5.78. The van der Waals surface area contributed by atoms with Gasteiger partial charge in [-0.1, -0.05) is 6.07 Å².